The van der Waals surface area contributed by atoms with Crippen molar-refractivity contribution < 1.29 is 0 Å². The third-order valence-electron chi connectivity index (χ3n) is 4.40. The van der Waals surface area contributed by atoms with E-state index in [1.54, 1.807) is 0 Å². The fourth-order valence-corrected chi connectivity index (χ4v) is 3.13. The minimum atomic E-state index is 0.370. The molecule has 0 atom stereocenters. The van der Waals surface area contributed by atoms with Gasteiger partial charge in [0.2, 0.25) is 0 Å². The molecule has 2 fully saturated rings. The Labute approximate surface area is 87.8 Å². The molecule has 0 radical (unpaired) electrons. The smallest absolute Gasteiger partial charge is 0.0333 e. The zero-order valence-electron chi connectivity index (χ0n) is 9.63. The van der Waals surface area contributed by atoms with Gasteiger partial charge in [-0.05, 0) is 44.6 Å². The highest BCUT2D eigenvalue weighted by Gasteiger charge is 2.44. The third kappa shape index (κ3) is 1.70. The summed E-state index contributed by atoms with van der Waals surface area (Å²) in [6.45, 7) is 4.47. The van der Waals surface area contributed by atoms with Crippen LogP contribution in [-0.2, 0) is 0 Å². The molecule has 2 N–H and O–H groups in total. The highest BCUT2D eigenvalue weighted by molar-refractivity contribution is 5.01. The molecule has 0 heterocycles. The molecule has 0 unspecified atom stereocenters. The van der Waals surface area contributed by atoms with Gasteiger partial charge in [0.25, 0.3) is 0 Å². The van der Waals surface area contributed by atoms with E-state index in [9.17, 15) is 0 Å². The van der Waals surface area contributed by atoms with Gasteiger partial charge in [0, 0.05) is 18.6 Å². The van der Waals surface area contributed by atoms with Crippen LogP contribution in [0.2, 0.25) is 0 Å². The Morgan fingerprint density at radius 3 is 2.36 bits per heavy atom. The summed E-state index contributed by atoms with van der Waals surface area (Å²) >= 11 is 0. The van der Waals surface area contributed by atoms with Gasteiger partial charge in [-0.2, -0.15) is 0 Å². The monoisotopic (exact) mass is 196 g/mol. The van der Waals surface area contributed by atoms with Gasteiger partial charge in [-0.25, -0.2) is 0 Å². The summed E-state index contributed by atoms with van der Waals surface area (Å²) in [4.78, 5) is 2.55. The molecule has 0 aromatic heterocycles. The number of rotatable bonds is 4. The van der Waals surface area contributed by atoms with Crippen LogP contribution in [0.1, 0.15) is 39.0 Å². The van der Waals surface area contributed by atoms with Crippen molar-refractivity contribution in [2.24, 2.45) is 17.6 Å². The van der Waals surface area contributed by atoms with Gasteiger partial charge in [0.15, 0.2) is 0 Å². The van der Waals surface area contributed by atoms with Crippen LogP contribution in [0.3, 0.4) is 0 Å². The van der Waals surface area contributed by atoms with Crippen LogP contribution in [0.5, 0.6) is 0 Å². The van der Waals surface area contributed by atoms with Crippen molar-refractivity contribution in [3.8, 4) is 0 Å². The van der Waals surface area contributed by atoms with E-state index in [1.165, 1.54) is 38.6 Å². The average Bonchev–Trinajstić information content (AvgIpc) is 2.05. The maximum Gasteiger partial charge on any atom is 0.0333 e. The number of likely N-dealkylation sites (N-methyl/N-ethyl adjacent to an activating group) is 1. The van der Waals surface area contributed by atoms with Crippen LogP contribution in [0.4, 0.5) is 0 Å². The summed E-state index contributed by atoms with van der Waals surface area (Å²) in [6, 6.07) is 0. The van der Waals surface area contributed by atoms with Crippen LogP contribution in [-0.4, -0.2) is 30.6 Å². The Bertz CT molecular complexity index is 192. The minimum absolute atomic E-state index is 0.370. The molecule has 2 nitrogen and oxygen atoms in total. The van der Waals surface area contributed by atoms with Crippen LogP contribution in [0, 0.1) is 11.8 Å². The molecule has 0 aliphatic heterocycles. The lowest BCUT2D eigenvalue weighted by molar-refractivity contribution is -0.0110. The third-order valence-corrected chi connectivity index (χ3v) is 4.40. The van der Waals surface area contributed by atoms with Gasteiger partial charge in [0.1, 0.15) is 0 Å². The first-order chi connectivity index (χ1) is 6.66. The number of hydrogen-bond donors (Lipinski definition) is 1. The molecule has 0 bridgehead atoms. The Kier molecular flexibility index (Phi) is 2.85. The van der Waals surface area contributed by atoms with Crippen LogP contribution in [0.25, 0.3) is 0 Å². The maximum absolute atomic E-state index is 5.93. The minimum Gasteiger partial charge on any atom is -0.329 e. The van der Waals surface area contributed by atoms with E-state index >= 15 is 0 Å². The summed E-state index contributed by atoms with van der Waals surface area (Å²) in [5.41, 5.74) is 6.30. The Hall–Kier alpha value is -0.0800. The highest BCUT2D eigenvalue weighted by Crippen LogP contribution is 2.42. The number of hydrogen-bond acceptors (Lipinski definition) is 2. The molecular weight excluding hydrogens is 172 g/mol. The van der Waals surface area contributed by atoms with Crippen molar-refractivity contribution >= 4 is 0 Å². The quantitative estimate of drug-likeness (QED) is 0.743. The second-order valence-corrected chi connectivity index (χ2v) is 5.62. The summed E-state index contributed by atoms with van der Waals surface area (Å²) in [6.07, 6.45) is 6.96. The van der Waals surface area contributed by atoms with Crippen molar-refractivity contribution in [3.63, 3.8) is 0 Å². The summed E-state index contributed by atoms with van der Waals surface area (Å²) in [5.74, 6) is 1.86. The first-order valence-electron chi connectivity index (χ1n) is 6.07. The fourth-order valence-electron chi connectivity index (χ4n) is 3.13. The van der Waals surface area contributed by atoms with Crippen LogP contribution in [0.15, 0.2) is 0 Å². The zero-order chi connectivity index (χ0) is 10.2. The first kappa shape index (κ1) is 10.4. The van der Waals surface area contributed by atoms with E-state index in [-0.39, 0.29) is 0 Å². The van der Waals surface area contributed by atoms with E-state index in [0.29, 0.717) is 5.54 Å². The lowest BCUT2D eigenvalue weighted by Gasteiger charge is -2.53. The van der Waals surface area contributed by atoms with Crippen molar-refractivity contribution in [1.82, 2.24) is 4.90 Å². The molecule has 0 aromatic carbocycles. The van der Waals surface area contributed by atoms with E-state index in [2.05, 4.69) is 18.9 Å². The summed E-state index contributed by atoms with van der Waals surface area (Å²) in [5, 5.41) is 0. The van der Waals surface area contributed by atoms with Gasteiger partial charge in [0.05, 0.1) is 0 Å². The van der Waals surface area contributed by atoms with Crippen molar-refractivity contribution in [3.05, 3.63) is 0 Å². The fraction of sp³-hybridized carbons (Fsp3) is 1.00. The molecule has 82 valence electrons. The topological polar surface area (TPSA) is 29.3 Å². The maximum atomic E-state index is 5.93. The van der Waals surface area contributed by atoms with Gasteiger partial charge in [-0.15, -0.1) is 0 Å². The van der Waals surface area contributed by atoms with Gasteiger partial charge in [-0.3, -0.25) is 4.90 Å². The van der Waals surface area contributed by atoms with Crippen LogP contribution >= 0.6 is 0 Å². The molecule has 2 aliphatic rings. The SMILES string of the molecule is CC1CC(CN)(N(C)CC2CCC2)C1. The first-order valence-corrected chi connectivity index (χ1v) is 6.07. The molecule has 0 spiro atoms. The second kappa shape index (κ2) is 3.82. The molecule has 0 saturated heterocycles. The lowest BCUT2D eigenvalue weighted by Crippen LogP contribution is -2.61. The molecule has 0 aromatic rings. The van der Waals surface area contributed by atoms with Gasteiger partial charge in [-0.1, -0.05) is 13.3 Å². The predicted molar refractivity (Wildman–Crippen MR) is 60.2 cm³/mol. The normalized spacial score (nSPS) is 38.1. The van der Waals surface area contributed by atoms with Gasteiger partial charge >= 0.3 is 0 Å². The average molecular weight is 196 g/mol. The van der Waals surface area contributed by atoms with Crippen LogP contribution < -0.4 is 5.73 Å². The van der Waals surface area contributed by atoms with E-state index in [4.69, 9.17) is 5.73 Å². The molecule has 0 amide bonds. The molecular formula is C12H24N2. The van der Waals surface area contributed by atoms with Gasteiger partial charge < -0.3 is 5.73 Å². The molecule has 2 aliphatic carbocycles. The molecule has 2 saturated carbocycles. The van der Waals surface area contributed by atoms with E-state index < -0.39 is 0 Å². The van der Waals surface area contributed by atoms with Crippen molar-refractivity contribution in [2.75, 3.05) is 20.1 Å². The summed E-state index contributed by atoms with van der Waals surface area (Å²) < 4.78 is 0. The second-order valence-electron chi connectivity index (χ2n) is 5.62. The standard InChI is InChI=1S/C12H24N2/c1-10-6-12(7-10,9-13)14(2)8-11-4-3-5-11/h10-11H,3-9,13H2,1-2H3. The largest absolute Gasteiger partial charge is 0.329 e. The predicted octanol–water partition coefficient (Wildman–Crippen LogP) is 1.85. The van der Waals surface area contributed by atoms with Crippen molar-refractivity contribution in [2.45, 2.75) is 44.6 Å². The molecule has 2 heteroatoms. The Morgan fingerprint density at radius 1 is 1.36 bits per heavy atom. The number of nitrogens with two attached hydrogens (primary N) is 1. The highest BCUT2D eigenvalue weighted by atomic mass is 15.2. The Morgan fingerprint density at radius 2 is 2.00 bits per heavy atom. The number of nitrogens with zero attached hydrogens (tertiary/aromatic N) is 1. The van der Waals surface area contributed by atoms with E-state index in [0.717, 1.165) is 18.4 Å². The zero-order valence-corrected chi connectivity index (χ0v) is 9.63. The van der Waals surface area contributed by atoms with E-state index in [1.807, 2.05) is 0 Å². The summed E-state index contributed by atoms with van der Waals surface area (Å²) in [7, 11) is 2.27. The Balaban J connectivity index is 1.84. The molecule has 2 rings (SSSR count). The van der Waals surface area contributed by atoms with Crippen molar-refractivity contribution in [1.29, 1.82) is 0 Å². The molecule has 14 heavy (non-hydrogen) atoms. The lowest BCUT2D eigenvalue weighted by atomic mass is 9.67.